The molecule has 0 aliphatic carbocycles. The van der Waals surface area contributed by atoms with Gasteiger partial charge in [-0.3, -0.25) is 0 Å². The van der Waals surface area contributed by atoms with Gasteiger partial charge in [0.15, 0.2) is 0 Å². The maximum atomic E-state index is 12.2. The predicted octanol–water partition coefficient (Wildman–Crippen LogP) is 7.68. The first-order chi connectivity index (χ1) is 13.7. The number of unbranched alkanes of at least 4 members (excludes halogenated alkanes) is 7. The summed E-state index contributed by atoms with van der Waals surface area (Å²) in [5, 5.41) is 0. The van der Waals surface area contributed by atoms with Crippen LogP contribution in [0.4, 0.5) is 0 Å². The summed E-state index contributed by atoms with van der Waals surface area (Å²) in [4.78, 5) is 12.2. The largest absolute Gasteiger partial charge is 0.462 e. The zero-order valence-corrected chi connectivity index (χ0v) is 17.7. The molecule has 0 atom stereocenters. The molecule has 152 valence electrons. The fraction of sp³-hybridized carbons (Fsp3) is 0.500. The van der Waals surface area contributed by atoms with E-state index in [0.29, 0.717) is 12.2 Å². The minimum Gasteiger partial charge on any atom is -0.462 e. The number of ether oxygens (including phenoxy) is 1. The highest BCUT2D eigenvalue weighted by Crippen LogP contribution is 2.19. The Kier molecular flexibility index (Phi) is 10.4. The van der Waals surface area contributed by atoms with Crippen LogP contribution in [0.3, 0.4) is 0 Å². The zero-order chi connectivity index (χ0) is 20.0. The molecule has 0 spiro atoms. The van der Waals surface area contributed by atoms with E-state index in [9.17, 15) is 4.79 Å². The summed E-state index contributed by atoms with van der Waals surface area (Å²) in [6.07, 6.45) is 11.5. The molecule has 0 radical (unpaired) electrons. The lowest BCUT2D eigenvalue weighted by molar-refractivity contribution is 0.0497. The molecule has 0 amide bonds. The van der Waals surface area contributed by atoms with Gasteiger partial charge in [0.1, 0.15) is 0 Å². The smallest absolute Gasteiger partial charge is 0.338 e. The molecule has 0 saturated carbocycles. The van der Waals surface area contributed by atoms with Gasteiger partial charge in [0.2, 0.25) is 0 Å². The van der Waals surface area contributed by atoms with Gasteiger partial charge in [-0.25, -0.2) is 4.79 Å². The molecule has 2 nitrogen and oxygen atoms in total. The van der Waals surface area contributed by atoms with Crippen molar-refractivity contribution in [2.24, 2.45) is 5.92 Å². The Labute approximate surface area is 171 Å². The molecule has 2 aromatic carbocycles. The fourth-order valence-corrected chi connectivity index (χ4v) is 3.39. The molecular formula is C26H36O2. The van der Waals surface area contributed by atoms with Gasteiger partial charge < -0.3 is 4.74 Å². The summed E-state index contributed by atoms with van der Waals surface area (Å²) in [6.45, 7) is 5.12. The van der Waals surface area contributed by atoms with Crippen LogP contribution in [0, 0.1) is 5.92 Å². The summed E-state index contributed by atoms with van der Waals surface area (Å²) in [5.41, 5.74) is 2.89. The molecule has 0 unspecified atom stereocenters. The molecule has 0 fully saturated rings. The lowest BCUT2D eigenvalue weighted by atomic mass is 10.0. The van der Waals surface area contributed by atoms with Crippen LogP contribution < -0.4 is 0 Å². The fourth-order valence-electron chi connectivity index (χ4n) is 3.39. The number of hydrogen-bond donors (Lipinski definition) is 0. The van der Waals surface area contributed by atoms with Crippen molar-refractivity contribution >= 4 is 5.97 Å². The van der Waals surface area contributed by atoms with Crippen LogP contribution in [0.2, 0.25) is 0 Å². The monoisotopic (exact) mass is 380 g/mol. The Morgan fingerprint density at radius 1 is 0.714 bits per heavy atom. The molecule has 0 aliphatic rings. The Morgan fingerprint density at radius 2 is 1.25 bits per heavy atom. The topological polar surface area (TPSA) is 26.3 Å². The average Bonchev–Trinajstić information content (AvgIpc) is 2.72. The second-order valence-corrected chi connectivity index (χ2v) is 8.09. The highest BCUT2D eigenvalue weighted by atomic mass is 16.5. The summed E-state index contributed by atoms with van der Waals surface area (Å²) in [7, 11) is 0. The minimum absolute atomic E-state index is 0.218. The van der Waals surface area contributed by atoms with E-state index in [0.717, 1.165) is 29.9 Å². The molecule has 0 bridgehead atoms. The molecular weight excluding hydrogens is 344 g/mol. The Hall–Kier alpha value is -2.09. The van der Waals surface area contributed by atoms with Gasteiger partial charge in [-0.15, -0.1) is 0 Å². The number of carbonyl (C=O) groups is 1. The van der Waals surface area contributed by atoms with Crippen molar-refractivity contribution < 1.29 is 9.53 Å². The third-order valence-electron chi connectivity index (χ3n) is 5.14. The van der Waals surface area contributed by atoms with E-state index in [1.165, 1.54) is 44.9 Å². The summed E-state index contributed by atoms with van der Waals surface area (Å²) in [5.74, 6) is 0.620. The van der Waals surface area contributed by atoms with Crippen LogP contribution in [0.5, 0.6) is 0 Å². The van der Waals surface area contributed by atoms with Crippen LogP contribution in [-0.4, -0.2) is 12.6 Å². The second-order valence-electron chi connectivity index (χ2n) is 8.09. The molecule has 2 rings (SSSR count). The quantitative estimate of drug-likeness (QED) is 0.263. The SMILES string of the molecule is CC(C)CCCCCCCCCCOC(=O)c1ccc(-c2ccccc2)cc1. The molecule has 2 heteroatoms. The normalized spacial score (nSPS) is 11.0. The van der Waals surface area contributed by atoms with Gasteiger partial charge in [-0.05, 0) is 35.6 Å². The molecule has 0 N–H and O–H groups in total. The number of benzene rings is 2. The van der Waals surface area contributed by atoms with Crippen LogP contribution in [0.25, 0.3) is 11.1 Å². The van der Waals surface area contributed by atoms with Crippen LogP contribution in [0.1, 0.15) is 82.0 Å². The van der Waals surface area contributed by atoms with Crippen molar-refractivity contribution in [1.29, 1.82) is 0 Å². The van der Waals surface area contributed by atoms with Gasteiger partial charge in [-0.1, -0.05) is 108 Å². The van der Waals surface area contributed by atoms with Crippen molar-refractivity contribution in [3.8, 4) is 11.1 Å². The van der Waals surface area contributed by atoms with Crippen molar-refractivity contribution in [2.45, 2.75) is 71.6 Å². The van der Waals surface area contributed by atoms with E-state index in [2.05, 4.69) is 26.0 Å². The van der Waals surface area contributed by atoms with Crippen LogP contribution in [-0.2, 0) is 4.74 Å². The number of hydrogen-bond acceptors (Lipinski definition) is 2. The molecule has 2 aromatic rings. The highest BCUT2D eigenvalue weighted by molar-refractivity contribution is 5.90. The minimum atomic E-state index is -0.218. The van der Waals surface area contributed by atoms with Gasteiger partial charge in [0.25, 0.3) is 0 Å². The first-order valence-electron chi connectivity index (χ1n) is 11.0. The van der Waals surface area contributed by atoms with Gasteiger partial charge >= 0.3 is 5.97 Å². The first kappa shape index (κ1) is 22.2. The maximum Gasteiger partial charge on any atom is 0.338 e. The number of esters is 1. The van der Waals surface area contributed by atoms with E-state index < -0.39 is 0 Å². The Bertz CT molecular complexity index is 659. The van der Waals surface area contributed by atoms with Gasteiger partial charge in [-0.2, -0.15) is 0 Å². The van der Waals surface area contributed by atoms with E-state index in [-0.39, 0.29) is 5.97 Å². The van der Waals surface area contributed by atoms with Crippen LogP contribution >= 0.6 is 0 Å². The maximum absolute atomic E-state index is 12.2. The summed E-state index contributed by atoms with van der Waals surface area (Å²) in [6, 6.07) is 17.8. The van der Waals surface area contributed by atoms with E-state index >= 15 is 0 Å². The molecule has 28 heavy (non-hydrogen) atoms. The van der Waals surface area contributed by atoms with Gasteiger partial charge in [0.05, 0.1) is 12.2 Å². The molecule has 0 heterocycles. The van der Waals surface area contributed by atoms with Crippen molar-refractivity contribution in [1.82, 2.24) is 0 Å². The number of carbonyl (C=O) groups excluding carboxylic acids is 1. The summed E-state index contributed by atoms with van der Waals surface area (Å²) >= 11 is 0. The lowest BCUT2D eigenvalue weighted by Crippen LogP contribution is -2.06. The van der Waals surface area contributed by atoms with Crippen molar-refractivity contribution in [3.63, 3.8) is 0 Å². The Morgan fingerprint density at radius 3 is 1.86 bits per heavy atom. The van der Waals surface area contributed by atoms with Gasteiger partial charge in [0, 0.05) is 0 Å². The van der Waals surface area contributed by atoms with Crippen molar-refractivity contribution in [3.05, 3.63) is 60.2 Å². The zero-order valence-electron chi connectivity index (χ0n) is 17.7. The summed E-state index contributed by atoms with van der Waals surface area (Å²) < 4.78 is 5.42. The molecule has 0 aliphatic heterocycles. The molecule has 0 aromatic heterocycles. The third kappa shape index (κ3) is 8.73. The third-order valence-corrected chi connectivity index (χ3v) is 5.14. The predicted molar refractivity (Wildman–Crippen MR) is 119 cm³/mol. The first-order valence-corrected chi connectivity index (χ1v) is 11.0. The number of rotatable bonds is 13. The second kappa shape index (κ2) is 13.1. The lowest BCUT2D eigenvalue weighted by Gasteiger charge is -2.07. The average molecular weight is 381 g/mol. The standard InChI is InChI=1S/C26H36O2/c1-22(2)14-10-7-5-3-4-6-8-13-21-28-26(27)25-19-17-24(18-20-25)23-15-11-9-12-16-23/h9,11-12,15-20,22H,3-8,10,13-14,21H2,1-2H3. The highest BCUT2D eigenvalue weighted by Gasteiger charge is 2.07. The van der Waals surface area contributed by atoms with E-state index in [4.69, 9.17) is 4.74 Å². The van der Waals surface area contributed by atoms with Crippen LogP contribution in [0.15, 0.2) is 54.6 Å². The van der Waals surface area contributed by atoms with Crippen molar-refractivity contribution in [2.75, 3.05) is 6.61 Å². The van der Waals surface area contributed by atoms with E-state index in [1.54, 1.807) is 0 Å². The molecule has 0 saturated heterocycles. The Balaban J connectivity index is 1.53. The van der Waals surface area contributed by atoms with E-state index in [1.807, 2.05) is 42.5 Å².